The van der Waals surface area contributed by atoms with Gasteiger partial charge >= 0.3 is 0 Å². The maximum atomic E-state index is 14.3. The lowest BCUT2D eigenvalue weighted by atomic mass is 9.76. The van der Waals surface area contributed by atoms with Crippen molar-refractivity contribution in [2.24, 2.45) is 0 Å². The van der Waals surface area contributed by atoms with E-state index in [1.807, 2.05) is 67.6 Å². The smallest absolute Gasteiger partial charge is 0.255 e. The minimum Gasteiger partial charge on any atom is -0.493 e. The minimum absolute atomic E-state index is 0.00638. The van der Waals surface area contributed by atoms with E-state index in [-0.39, 0.29) is 30.8 Å². The highest BCUT2D eigenvalue weighted by atomic mass is 35.5. The molecule has 6 rings (SSSR count). The molecule has 1 saturated heterocycles. The summed E-state index contributed by atoms with van der Waals surface area (Å²) in [5.41, 5.74) is 3.29. The molecule has 194 valence electrons. The first-order chi connectivity index (χ1) is 18.4. The molecule has 1 fully saturated rings. The fourth-order valence-electron chi connectivity index (χ4n) is 6.04. The molecule has 38 heavy (non-hydrogen) atoms. The Kier molecular flexibility index (Phi) is 5.83. The number of fused-ring (bicyclic) bond motifs is 5. The van der Waals surface area contributed by atoms with Crippen molar-refractivity contribution in [1.82, 2.24) is 14.8 Å². The molecule has 7 nitrogen and oxygen atoms in total. The van der Waals surface area contributed by atoms with E-state index in [1.54, 1.807) is 24.0 Å². The van der Waals surface area contributed by atoms with E-state index in [9.17, 15) is 9.59 Å². The van der Waals surface area contributed by atoms with Crippen molar-refractivity contribution in [2.75, 3.05) is 27.3 Å². The third kappa shape index (κ3) is 3.56. The van der Waals surface area contributed by atoms with E-state index in [4.69, 9.17) is 21.1 Å². The van der Waals surface area contributed by atoms with Gasteiger partial charge in [0.2, 0.25) is 5.91 Å². The second-order valence-corrected chi connectivity index (χ2v) is 10.4. The molecule has 0 saturated carbocycles. The molecule has 3 heterocycles. The Morgan fingerprint density at radius 1 is 1.00 bits per heavy atom. The highest BCUT2D eigenvalue weighted by molar-refractivity contribution is 6.31. The molecule has 0 radical (unpaired) electrons. The molecule has 0 spiro atoms. The number of hydrogen-bond donors (Lipinski definition) is 1. The van der Waals surface area contributed by atoms with E-state index >= 15 is 0 Å². The van der Waals surface area contributed by atoms with Gasteiger partial charge < -0.3 is 24.3 Å². The largest absolute Gasteiger partial charge is 0.493 e. The van der Waals surface area contributed by atoms with Crippen LogP contribution >= 0.6 is 11.6 Å². The average molecular weight is 530 g/mol. The van der Waals surface area contributed by atoms with E-state index < -0.39 is 5.54 Å². The van der Waals surface area contributed by atoms with Crippen LogP contribution in [0.4, 0.5) is 0 Å². The van der Waals surface area contributed by atoms with Gasteiger partial charge in [0.1, 0.15) is 6.54 Å². The Balaban J connectivity index is 1.47. The zero-order valence-electron chi connectivity index (χ0n) is 21.5. The van der Waals surface area contributed by atoms with Crippen LogP contribution in [-0.4, -0.2) is 53.9 Å². The van der Waals surface area contributed by atoms with Gasteiger partial charge in [0.15, 0.2) is 17.0 Å². The number of halogens is 1. The van der Waals surface area contributed by atoms with Crippen LogP contribution in [0.2, 0.25) is 5.02 Å². The second kappa shape index (κ2) is 9.10. The Morgan fingerprint density at radius 2 is 1.74 bits per heavy atom. The monoisotopic (exact) mass is 529 g/mol. The number of rotatable bonds is 5. The highest BCUT2D eigenvalue weighted by Crippen LogP contribution is 2.49. The minimum atomic E-state index is -1.18. The molecule has 2 aliphatic rings. The number of nitrogens with zero attached hydrogens (tertiary/aromatic N) is 2. The number of methoxy groups -OCH3 is 2. The number of amides is 2. The Bertz CT molecular complexity index is 1580. The summed E-state index contributed by atoms with van der Waals surface area (Å²) in [4.78, 5) is 34.9. The van der Waals surface area contributed by atoms with Crippen molar-refractivity contribution in [3.05, 3.63) is 94.1 Å². The van der Waals surface area contributed by atoms with E-state index in [1.165, 1.54) is 0 Å². The zero-order valence-corrected chi connectivity index (χ0v) is 22.2. The van der Waals surface area contributed by atoms with Gasteiger partial charge in [-0.1, -0.05) is 54.1 Å². The summed E-state index contributed by atoms with van der Waals surface area (Å²) < 4.78 is 10.8. The van der Waals surface area contributed by atoms with Gasteiger partial charge in [0, 0.05) is 34.9 Å². The first-order valence-electron chi connectivity index (χ1n) is 12.5. The Hall–Kier alpha value is -3.97. The second-order valence-electron chi connectivity index (χ2n) is 9.96. The number of H-pyrrole nitrogens is 1. The third-order valence-electron chi connectivity index (χ3n) is 7.92. The van der Waals surface area contributed by atoms with E-state index in [0.717, 1.165) is 33.3 Å². The van der Waals surface area contributed by atoms with Crippen molar-refractivity contribution < 1.29 is 19.1 Å². The summed E-state index contributed by atoms with van der Waals surface area (Å²) in [6.45, 7) is 2.49. The maximum Gasteiger partial charge on any atom is 0.255 e. The van der Waals surface area contributed by atoms with Gasteiger partial charge in [-0.25, -0.2) is 0 Å². The summed E-state index contributed by atoms with van der Waals surface area (Å²) >= 11 is 6.67. The summed E-state index contributed by atoms with van der Waals surface area (Å²) in [6.07, 6.45) is 0. The number of ether oxygens (including phenoxy) is 2. The van der Waals surface area contributed by atoms with Crippen LogP contribution in [0.3, 0.4) is 0 Å². The van der Waals surface area contributed by atoms with Crippen LogP contribution in [0.5, 0.6) is 11.5 Å². The zero-order chi connectivity index (χ0) is 26.6. The Labute approximate surface area is 225 Å². The summed E-state index contributed by atoms with van der Waals surface area (Å²) in [6, 6.07) is 21.3. The van der Waals surface area contributed by atoms with Crippen molar-refractivity contribution in [3.8, 4) is 11.5 Å². The molecule has 4 aromatic rings. The number of piperazine rings is 1. The van der Waals surface area contributed by atoms with Gasteiger partial charge in [-0.3, -0.25) is 9.59 Å². The number of benzene rings is 3. The standard InChI is InChI=1S/C30H28ClN3O4/c1-30-28-27(20-9-5-7-11-23(20)32-28)21(19-8-4-6-10-22(19)31)16-34(30)26(35)17-33(29(30)36)15-18-12-13-24(37-2)25(14-18)38-3/h4-14,21,32H,15-17H2,1-3H3/t21-,30-/m0/s1. The van der Waals surface area contributed by atoms with Crippen LogP contribution in [0, 0.1) is 0 Å². The molecule has 1 N–H and O–H groups in total. The Morgan fingerprint density at radius 3 is 2.50 bits per heavy atom. The number of para-hydroxylation sites is 1. The highest BCUT2D eigenvalue weighted by Gasteiger charge is 2.56. The fourth-order valence-corrected chi connectivity index (χ4v) is 6.31. The van der Waals surface area contributed by atoms with Crippen molar-refractivity contribution in [3.63, 3.8) is 0 Å². The molecular weight excluding hydrogens is 502 g/mol. The predicted octanol–water partition coefficient (Wildman–Crippen LogP) is 5.07. The predicted molar refractivity (Wildman–Crippen MR) is 146 cm³/mol. The topological polar surface area (TPSA) is 74.9 Å². The number of aromatic amines is 1. The van der Waals surface area contributed by atoms with Gasteiger partial charge in [0.25, 0.3) is 5.91 Å². The van der Waals surface area contributed by atoms with Crippen molar-refractivity contribution >= 4 is 34.3 Å². The van der Waals surface area contributed by atoms with Crippen molar-refractivity contribution in [1.29, 1.82) is 0 Å². The van der Waals surface area contributed by atoms with Crippen LogP contribution in [0.1, 0.15) is 35.2 Å². The average Bonchev–Trinajstić information content (AvgIpc) is 3.33. The first kappa shape index (κ1) is 24.4. The first-order valence-corrected chi connectivity index (χ1v) is 12.9. The molecule has 1 aromatic heterocycles. The SMILES string of the molecule is COc1ccc(CN2CC(=O)N3C[C@@H](c4ccccc4Cl)c4c([nH]c5ccccc45)[C@@]3(C)C2=O)cc1OC. The lowest BCUT2D eigenvalue weighted by molar-refractivity contribution is -0.166. The number of carbonyl (C=O) groups is 2. The summed E-state index contributed by atoms with van der Waals surface area (Å²) in [5, 5.41) is 1.67. The quantitative estimate of drug-likeness (QED) is 0.392. The molecular formula is C30H28ClN3O4. The molecule has 3 aromatic carbocycles. The lowest BCUT2D eigenvalue weighted by Gasteiger charge is -2.51. The summed E-state index contributed by atoms with van der Waals surface area (Å²) in [5.74, 6) is 0.783. The molecule has 0 aliphatic carbocycles. The maximum absolute atomic E-state index is 14.3. The molecule has 0 bridgehead atoms. The number of hydrogen-bond acceptors (Lipinski definition) is 4. The van der Waals surface area contributed by atoms with Crippen LogP contribution < -0.4 is 9.47 Å². The normalized spacial score (nSPS) is 20.9. The third-order valence-corrected chi connectivity index (χ3v) is 8.26. The van der Waals surface area contributed by atoms with Crippen molar-refractivity contribution in [2.45, 2.75) is 24.9 Å². The molecule has 2 aliphatic heterocycles. The molecule has 2 amide bonds. The molecule has 2 atom stereocenters. The van der Waals surface area contributed by atoms with E-state index in [2.05, 4.69) is 11.1 Å². The molecule has 8 heteroatoms. The number of carbonyl (C=O) groups excluding carboxylic acids is 2. The number of aromatic nitrogens is 1. The number of nitrogens with one attached hydrogen (secondary N) is 1. The van der Waals surface area contributed by atoms with Gasteiger partial charge in [-0.05, 0) is 47.9 Å². The van der Waals surface area contributed by atoms with Crippen LogP contribution in [0.15, 0.2) is 66.7 Å². The van der Waals surface area contributed by atoms with Gasteiger partial charge in [-0.2, -0.15) is 0 Å². The van der Waals surface area contributed by atoms with Gasteiger partial charge in [-0.15, -0.1) is 0 Å². The fraction of sp³-hybridized carbons (Fsp3) is 0.267. The van der Waals surface area contributed by atoms with Crippen LogP contribution in [-0.2, 0) is 21.7 Å². The van der Waals surface area contributed by atoms with Crippen LogP contribution in [0.25, 0.3) is 10.9 Å². The van der Waals surface area contributed by atoms with E-state index in [0.29, 0.717) is 23.1 Å². The van der Waals surface area contributed by atoms with Gasteiger partial charge in [0.05, 0.1) is 19.9 Å². The summed E-state index contributed by atoms with van der Waals surface area (Å²) in [7, 11) is 3.15. The molecule has 0 unspecified atom stereocenters. The lowest BCUT2D eigenvalue weighted by Crippen LogP contribution is -2.67.